The highest BCUT2D eigenvalue weighted by molar-refractivity contribution is 7.91. The number of nitrogens with one attached hydrogen (secondary N) is 1. The average Bonchev–Trinajstić information content (AvgIpc) is 3.65. The second kappa shape index (κ2) is 7.23. The molecule has 30 heavy (non-hydrogen) atoms. The summed E-state index contributed by atoms with van der Waals surface area (Å²) in [5.41, 5.74) is 1.93. The van der Waals surface area contributed by atoms with E-state index in [0.29, 0.717) is 24.4 Å². The first-order chi connectivity index (χ1) is 14.3. The van der Waals surface area contributed by atoms with Crippen LogP contribution in [0.25, 0.3) is 0 Å². The van der Waals surface area contributed by atoms with Gasteiger partial charge in [-0.3, -0.25) is 9.59 Å². The predicted octanol–water partition coefficient (Wildman–Crippen LogP) is 1.27. The zero-order chi connectivity index (χ0) is 20.9. The molecule has 0 atom stereocenters. The summed E-state index contributed by atoms with van der Waals surface area (Å²) in [5.74, 6) is -0.0180. The first-order valence-electron chi connectivity index (χ1n) is 10.7. The Labute approximate surface area is 176 Å². The maximum atomic E-state index is 13.3. The molecule has 4 fully saturated rings. The van der Waals surface area contributed by atoms with E-state index >= 15 is 0 Å². The van der Waals surface area contributed by atoms with Crippen molar-refractivity contribution in [3.63, 3.8) is 0 Å². The molecule has 0 radical (unpaired) electrons. The maximum absolute atomic E-state index is 13.3. The molecule has 162 valence electrons. The molecule has 9 heteroatoms. The van der Waals surface area contributed by atoms with Crippen molar-refractivity contribution in [3.05, 3.63) is 23.8 Å². The Kier molecular flexibility index (Phi) is 4.77. The molecule has 2 saturated heterocycles. The Morgan fingerprint density at radius 3 is 2.50 bits per heavy atom. The fourth-order valence-electron chi connectivity index (χ4n) is 4.22. The lowest BCUT2D eigenvalue weighted by Gasteiger charge is -2.37. The molecule has 2 aliphatic carbocycles. The fraction of sp³-hybridized carbons (Fsp3) is 0.619. The summed E-state index contributed by atoms with van der Waals surface area (Å²) in [6, 6.07) is 5.42. The van der Waals surface area contributed by atoms with Gasteiger partial charge in [0.1, 0.15) is 0 Å². The summed E-state index contributed by atoms with van der Waals surface area (Å²) in [7, 11) is -3.06. The van der Waals surface area contributed by atoms with Gasteiger partial charge in [-0.25, -0.2) is 8.42 Å². The van der Waals surface area contributed by atoms with Crippen molar-refractivity contribution in [2.45, 2.75) is 31.3 Å². The van der Waals surface area contributed by atoms with E-state index in [-0.39, 0.29) is 47.9 Å². The number of hydrogen-bond donors (Lipinski definition) is 1. The Bertz CT molecular complexity index is 970. The molecule has 2 heterocycles. The normalized spacial score (nSPS) is 24.5. The summed E-state index contributed by atoms with van der Waals surface area (Å²) in [5, 5.41) is 2.98. The Balaban J connectivity index is 1.43. The lowest BCUT2D eigenvalue weighted by atomic mass is 10.1. The Hall–Kier alpha value is -2.13. The summed E-state index contributed by atoms with van der Waals surface area (Å²) in [6.45, 7) is 2.44. The topological polar surface area (TPSA) is 96.0 Å². The van der Waals surface area contributed by atoms with Gasteiger partial charge in [0, 0.05) is 37.8 Å². The van der Waals surface area contributed by atoms with Crippen LogP contribution in [0.15, 0.2) is 18.2 Å². The molecule has 4 aliphatic rings. The standard InChI is InChI=1S/C21H27N3O5S/c25-19(15-1-2-15)22-16-3-4-17(20(26)23-8-11-30(27,28)12-9-23)18(13-16)24-7-10-29-21(14-24)5-6-21/h3-4,13,15H,1-2,5-12,14H2,(H,22,25). The van der Waals surface area contributed by atoms with Gasteiger partial charge >= 0.3 is 0 Å². The van der Waals surface area contributed by atoms with Crippen molar-refractivity contribution < 1.29 is 22.7 Å². The van der Waals surface area contributed by atoms with Gasteiger partial charge in [0.05, 0.1) is 35.0 Å². The molecule has 0 bridgehead atoms. The molecule has 0 unspecified atom stereocenters. The second-order valence-corrected chi connectivity index (χ2v) is 11.2. The van der Waals surface area contributed by atoms with Crippen LogP contribution < -0.4 is 10.2 Å². The summed E-state index contributed by atoms with van der Waals surface area (Å²) in [4.78, 5) is 29.3. The minimum Gasteiger partial charge on any atom is -0.371 e. The molecule has 2 saturated carbocycles. The monoisotopic (exact) mass is 433 g/mol. The van der Waals surface area contributed by atoms with E-state index in [0.717, 1.165) is 37.9 Å². The zero-order valence-electron chi connectivity index (χ0n) is 16.9. The minimum absolute atomic E-state index is 0.00423. The summed E-state index contributed by atoms with van der Waals surface area (Å²) >= 11 is 0. The average molecular weight is 434 g/mol. The first-order valence-corrected chi connectivity index (χ1v) is 12.5. The number of carbonyl (C=O) groups excluding carboxylic acids is 2. The van der Waals surface area contributed by atoms with Crippen LogP contribution in [0.2, 0.25) is 0 Å². The SMILES string of the molecule is O=C(Nc1ccc(C(=O)N2CCS(=O)(=O)CC2)c(N2CCOC3(CC3)C2)c1)C1CC1. The van der Waals surface area contributed by atoms with Crippen molar-refractivity contribution in [1.82, 2.24) is 4.90 Å². The van der Waals surface area contributed by atoms with E-state index in [4.69, 9.17) is 4.74 Å². The lowest BCUT2D eigenvalue weighted by Crippen LogP contribution is -2.46. The fourth-order valence-corrected chi connectivity index (χ4v) is 5.42. The molecular weight excluding hydrogens is 406 g/mol. The van der Waals surface area contributed by atoms with Gasteiger partial charge < -0.3 is 19.9 Å². The molecule has 2 aliphatic heterocycles. The van der Waals surface area contributed by atoms with E-state index in [1.165, 1.54) is 0 Å². The molecule has 1 aromatic carbocycles. The van der Waals surface area contributed by atoms with Gasteiger partial charge in [0.2, 0.25) is 5.91 Å². The van der Waals surface area contributed by atoms with Crippen LogP contribution in [0.4, 0.5) is 11.4 Å². The van der Waals surface area contributed by atoms with Crippen LogP contribution >= 0.6 is 0 Å². The van der Waals surface area contributed by atoms with Crippen molar-refractivity contribution >= 4 is 33.0 Å². The van der Waals surface area contributed by atoms with Crippen molar-refractivity contribution in [2.75, 3.05) is 54.5 Å². The number of carbonyl (C=O) groups is 2. The van der Waals surface area contributed by atoms with Crippen LogP contribution in [-0.2, 0) is 19.4 Å². The van der Waals surface area contributed by atoms with Crippen LogP contribution in [-0.4, -0.2) is 75.0 Å². The van der Waals surface area contributed by atoms with Crippen LogP contribution in [0, 0.1) is 5.92 Å². The molecule has 8 nitrogen and oxygen atoms in total. The number of hydrogen-bond acceptors (Lipinski definition) is 6. The van der Waals surface area contributed by atoms with Gasteiger partial charge in [0.15, 0.2) is 9.84 Å². The molecule has 5 rings (SSSR count). The highest BCUT2D eigenvalue weighted by Gasteiger charge is 2.48. The number of nitrogens with zero attached hydrogens (tertiary/aromatic N) is 2. The van der Waals surface area contributed by atoms with Gasteiger partial charge in [-0.15, -0.1) is 0 Å². The number of amides is 2. The van der Waals surface area contributed by atoms with E-state index in [2.05, 4.69) is 10.2 Å². The van der Waals surface area contributed by atoms with E-state index in [1.807, 2.05) is 6.07 Å². The van der Waals surface area contributed by atoms with Crippen molar-refractivity contribution in [3.8, 4) is 0 Å². The second-order valence-electron chi connectivity index (χ2n) is 8.89. The number of rotatable bonds is 4. The van der Waals surface area contributed by atoms with Gasteiger partial charge in [-0.05, 0) is 43.9 Å². The number of anilines is 2. The van der Waals surface area contributed by atoms with Crippen molar-refractivity contribution in [1.29, 1.82) is 0 Å². The smallest absolute Gasteiger partial charge is 0.256 e. The molecule has 1 aromatic rings. The quantitative estimate of drug-likeness (QED) is 0.768. The van der Waals surface area contributed by atoms with Gasteiger partial charge in [-0.2, -0.15) is 0 Å². The number of ether oxygens (including phenoxy) is 1. The Morgan fingerprint density at radius 2 is 1.83 bits per heavy atom. The van der Waals surface area contributed by atoms with Crippen LogP contribution in [0.3, 0.4) is 0 Å². The highest BCUT2D eigenvalue weighted by Crippen LogP contribution is 2.43. The van der Waals surface area contributed by atoms with Crippen LogP contribution in [0.5, 0.6) is 0 Å². The number of benzene rings is 1. The largest absolute Gasteiger partial charge is 0.371 e. The third kappa shape index (κ3) is 4.05. The lowest BCUT2D eigenvalue weighted by molar-refractivity contribution is -0.117. The first kappa shape index (κ1) is 19.8. The number of morpholine rings is 1. The molecule has 1 N–H and O–H groups in total. The van der Waals surface area contributed by atoms with Crippen molar-refractivity contribution in [2.24, 2.45) is 5.92 Å². The third-order valence-electron chi connectivity index (χ3n) is 6.47. The predicted molar refractivity (Wildman–Crippen MR) is 112 cm³/mol. The summed E-state index contributed by atoms with van der Waals surface area (Å²) < 4.78 is 29.4. The summed E-state index contributed by atoms with van der Waals surface area (Å²) in [6.07, 6.45) is 3.90. The Morgan fingerprint density at radius 1 is 1.10 bits per heavy atom. The maximum Gasteiger partial charge on any atom is 0.256 e. The zero-order valence-corrected chi connectivity index (χ0v) is 17.7. The van der Waals surface area contributed by atoms with Crippen LogP contribution in [0.1, 0.15) is 36.0 Å². The molecule has 0 aromatic heterocycles. The number of sulfone groups is 1. The molecule has 1 spiro atoms. The van der Waals surface area contributed by atoms with E-state index in [1.54, 1.807) is 17.0 Å². The molecular formula is C21H27N3O5S. The van der Waals surface area contributed by atoms with E-state index < -0.39 is 9.84 Å². The highest BCUT2D eigenvalue weighted by atomic mass is 32.2. The van der Waals surface area contributed by atoms with E-state index in [9.17, 15) is 18.0 Å². The molecule has 2 amide bonds. The van der Waals surface area contributed by atoms with Gasteiger partial charge in [0.25, 0.3) is 5.91 Å². The van der Waals surface area contributed by atoms with Gasteiger partial charge in [-0.1, -0.05) is 0 Å². The third-order valence-corrected chi connectivity index (χ3v) is 8.08. The minimum atomic E-state index is -3.06.